The molecule has 1 aliphatic rings. The fourth-order valence-electron chi connectivity index (χ4n) is 2.21. The van der Waals surface area contributed by atoms with Crippen LogP contribution in [0.5, 0.6) is 0 Å². The molecule has 1 aliphatic carbocycles. The molecule has 0 spiro atoms. The summed E-state index contributed by atoms with van der Waals surface area (Å²) in [6, 6.07) is 0. The van der Waals surface area contributed by atoms with Crippen LogP contribution in [0.15, 0.2) is 12.2 Å². The Hall–Kier alpha value is -1.32. The van der Waals surface area contributed by atoms with Crippen molar-refractivity contribution in [2.45, 2.75) is 33.1 Å². The zero-order valence-corrected chi connectivity index (χ0v) is 11.7. The fourth-order valence-corrected chi connectivity index (χ4v) is 2.21. The Morgan fingerprint density at radius 3 is 2.39 bits per heavy atom. The summed E-state index contributed by atoms with van der Waals surface area (Å²) in [6.45, 7) is 5.49. The van der Waals surface area contributed by atoms with Crippen LogP contribution in [-0.2, 0) is 9.59 Å². The van der Waals surface area contributed by atoms with Gasteiger partial charge in [0, 0.05) is 26.6 Å². The van der Waals surface area contributed by atoms with Crippen molar-refractivity contribution >= 4 is 11.8 Å². The lowest BCUT2D eigenvalue weighted by Gasteiger charge is -2.23. The maximum Gasteiger partial charge on any atom is 0.242 e. The molecule has 0 saturated heterocycles. The summed E-state index contributed by atoms with van der Waals surface area (Å²) in [4.78, 5) is 27.1. The summed E-state index contributed by atoms with van der Waals surface area (Å²) in [5, 5.41) is 0. The van der Waals surface area contributed by atoms with E-state index in [1.54, 1.807) is 16.8 Å². The second-order valence-corrected chi connectivity index (χ2v) is 4.79. The highest BCUT2D eigenvalue weighted by molar-refractivity contribution is 5.84. The molecule has 0 aromatic carbocycles. The van der Waals surface area contributed by atoms with Crippen LogP contribution in [0, 0.1) is 5.92 Å². The molecule has 102 valence electrons. The lowest BCUT2D eigenvalue weighted by atomic mass is 10.0. The highest BCUT2D eigenvalue weighted by atomic mass is 16.2. The molecule has 4 heteroatoms. The zero-order chi connectivity index (χ0) is 13.5. The van der Waals surface area contributed by atoms with Crippen molar-refractivity contribution in [1.29, 1.82) is 0 Å². The molecular formula is C14H24N2O2. The highest BCUT2D eigenvalue weighted by Crippen LogP contribution is 2.20. The average molecular weight is 252 g/mol. The van der Waals surface area contributed by atoms with Crippen LogP contribution in [0.1, 0.15) is 33.1 Å². The number of carbonyl (C=O) groups is 2. The van der Waals surface area contributed by atoms with Crippen molar-refractivity contribution in [3.8, 4) is 0 Å². The number of allylic oxidation sites excluding steroid dienone is 2. The van der Waals surface area contributed by atoms with Gasteiger partial charge in [-0.15, -0.1) is 0 Å². The van der Waals surface area contributed by atoms with Gasteiger partial charge in [0.15, 0.2) is 0 Å². The van der Waals surface area contributed by atoms with Crippen LogP contribution in [0.3, 0.4) is 0 Å². The summed E-state index contributed by atoms with van der Waals surface area (Å²) >= 11 is 0. The summed E-state index contributed by atoms with van der Waals surface area (Å²) in [6.07, 6.45) is 6.89. The SMILES string of the molecule is CCN(CC)C(=O)CN(C)C(=O)CC1C=CCC1. The number of rotatable bonds is 6. The normalized spacial score (nSPS) is 17.8. The monoisotopic (exact) mass is 252 g/mol. The maximum atomic E-state index is 12.0. The molecule has 0 saturated carbocycles. The largest absolute Gasteiger partial charge is 0.342 e. The molecule has 0 aliphatic heterocycles. The van der Waals surface area contributed by atoms with Gasteiger partial charge in [-0.3, -0.25) is 9.59 Å². The summed E-state index contributed by atoms with van der Waals surface area (Å²) in [5.74, 6) is 0.452. The van der Waals surface area contributed by atoms with Crippen molar-refractivity contribution in [2.75, 3.05) is 26.7 Å². The number of hydrogen-bond donors (Lipinski definition) is 0. The molecule has 1 rings (SSSR count). The van der Waals surface area contributed by atoms with Crippen molar-refractivity contribution in [2.24, 2.45) is 5.92 Å². The molecule has 1 unspecified atom stereocenters. The van der Waals surface area contributed by atoms with E-state index in [0.29, 0.717) is 25.4 Å². The van der Waals surface area contributed by atoms with E-state index in [1.165, 1.54) is 0 Å². The van der Waals surface area contributed by atoms with Crippen molar-refractivity contribution < 1.29 is 9.59 Å². The second kappa shape index (κ2) is 7.19. The Bertz CT molecular complexity index is 322. The van der Waals surface area contributed by atoms with Crippen LogP contribution < -0.4 is 0 Å². The van der Waals surface area contributed by atoms with Gasteiger partial charge in [0.1, 0.15) is 0 Å². The highest BCUT2D eigenvalue weighted by Gasteiger charge is 2.20. The zero-order valence-electron chi connectivity index (χ0n) is 11.7. The van der Waals surface area contributed by atoms with Gasteiger partial charge in [-0.1, -0.05) is 12.2 Å². The molecule has 0 bridgehead atoms. The number of amides is 2. The standard InChI is InChI=1S/C14H24N2O2/c1-4-16(5-2)14(18)11-15(3)13(17)10-12-8-6-7-9-12/h6,8,12H,4-5,7,9-11H2,1-3H3. The van der Waals surface area contributed by atoms with E-state index >= 15 is 0 Å². The van der Waals surface area contributed by atoms with E-state index in [-0.39, 0.29) is 18.4 Å². The lowest BCUT2D eigenvalue weighted by molar-refractivity contribution is -0.139. The molecule has 0 heterocycles. The first-order valence-electron chi connectivity index (χ1n) is 6.76. The third-order valence-corrected chi connectivity index (χ3v) is 3.46. The average Bonchev–Trinajstić information content (AvgIpc) is 2.83. The Morgan fingerprint density at radius 1 is 1.22 bits per heavy atom. The third kappa shape index (κ3) is 4.17. The number of nitrogens with zero attached hydrogens (tertiary/aromatic N) is 2. The second-order valence-electron chi connectivity index (χ2n) is 4.79. The Balaban J connectivity index is 2.38. The van der Waals surface area contributed by atoms with Crippen LogP contribution in [0.4, 0.5) is 0 Å². The minimum absolute atomic E-state index is 0.0258. The quantitative estimate of drug-likeness (QED) is 0.675. The maximum absolute atomic E-state index is 12.0. The van der Waals surface area contributed by atoms with E-state index < -0.39 is 0 Å². The predicted octanol–water partition coefficient (Wildman–Crippen LogP) is 1.67. The lowest BCUT2D eigenvalue weighted by Crippen LogP contribution is -2.41. The molecule has 0 N–H and O–H groups in total. The molecule has 0 aromatic rings. The van der Waals surface area contributed by atoms with Gasteiger partial charge in [-0.05, 0) is 32.6 Å². The van der Waals surface area contributed by atoms with Crippen molar-refractivity contribution in [1.82, 2.24) is 9.80 Å². The fraction of sp³-hybridized carbons (Fsp3) is 0.714. The van der Waals surface area contributed by atoms with E-state index in [4.69, 9.17) is 0 Å². The van der Waals surface area contributed by atoms with Gasteiger partial charge >= 0.3 is 0 Å². The topological polar surface area (TPSA) is 40.6 Å². The molecular weight excluding hydrogens is 228 g/mol. The molecule has 0 fully saturated rings. The number of hydrogen-bond acceptors (Lipinski definition) is 2. The van der Waals surface area contributed by atoms with Gasteiger partial charge < -0.3 is 9.80 Å². The summed E-state index contributed by atoms with van der Waals surface area (Å²) in [5.41, 5.74) is 0. The van der Waals surface area contributed by atoms with Gasteiger partial charge in [0.05, 0.1) is 6.54 Å². The van der Waals surface area contributed by atoms with E-state index in [2.05, 4.69) is 12.2 Å². The van der Waals surface area contributed by atoms with E-state index in [0.717, 1.165) is 12.8 Å². The molecule has 0 aromatic heterocycles. The van der Waals surface area contributed by atoms with Crippen LogP contribution >= 0.6 is 0 Å². The van der Waals surface area contributed by atoms with E-state index in [9.17, 15) is 9.59 Å². The van der Waals surface area contributed by atoms with Crippen molar-refractivity contribution in [3.05, 3.63) is 12.2 Å². The van der Waals surface area contributed by atoms with Crippen molar-refractivity contribution in [3.63, 3.8) is 0 Å². The van der Waals surface area contributed by atoms with Crippen LogP contribution in [-0.4, -0.2) is 48.3 Å². The minimum Gasteiger partial charge on any atom is -0.342 e. The molecule has 4 nitrogen and oxygen atoms in total. The Morgan fingerprint density at radius 2 is 1.89 bits per heavy atom. The van der Waals surface area contributed by atoms with Crippen LogP contribution in [0.25, 0.3) is 0 Å². The first-order valence-corrected chi connectivity index (χ1v) is 6.76. The summed E-state index contributed by atoms with van der Waals surface area (Å²) < 4.78 is 0. The third-order valence-electron chi connectivity index (χ3n) is 3.46. The smallest absolute Gasteiger partial charge is 0.242 e. The number of likely N-dealkylation sites (N-methyl/N-ethyl adjacent to an activating group) is 2. The van der Waals surface area contributed by atoms with Crippen LogP contribution in [0.2, 0.25) is 0 Å². The minimum atomic E-state index is 0.0258. The van der Waals surface area contributed by atoms with E-state index in [1.807, 2.05) is 13.8 Å². The van der Waals surface area contributed by atoms with Gasteiger partial charge in [-0.25, -0.2) is 0 Å². The summed E-state index contributed by atoms with van der Waals surface area (Å²) in [7, 11) is 1.71. The molecule has 1 atom stereocenters. The number of carbonyl (C=O) groups excluding carboxylic acids is 2. The first kappa shape index (κ1) is 14.7. The Kier molecular flexibility index (Phi) is 5.89. The van der Waals surface area contributed by atoms with Gasteiger partial charge in [0.2, 0.25) is 11.8 Å². The molecule has 2 amide bonds. The Labute approximate surface area is 110 Å². The van der Waals surface area contributed by atoms with Gasteiger partial charge in [0.25, 0.3) is 0 Å². The predicted molar refractivity (Wildman–Crippen MR) is 72.0 cm³/mol. The first-order chi connectivity index (χ1) is 8.58. The van der Waals surface area contributed by atoms with Gasteiger partial charge in [-0.2, -0.15) is 0 Å². The molecule has 18 heavy (non-hydrogen) atoms. The molecule has 0 radical (unpaired) electrons.